The van der Waals surface area contributed by atoms with Gasteiger partial charge in [-0.1, -0.05) is 49.5 Å². The molecule has 0 bridgehead atoms. The zero-order chi connectivity index (χ0) is 32.7. The summed E-state index contributed by atoms with van der Waals surface area (Å²) in [5.41, 5.74) is 0.416. The number of morpholine rings is 1. The number of aromatic hydroxyl groups is 1. The summed E-state index contributed by atoms with van der Waals surface area (Å²) in [6.45, 7) is 5.07. The lowest BCUT2D eigenvalue weighted by Gasteiger charge is -2.47. The molecule has 254 valence electrons. The van der Waals surface area contributed by atoms with Crippen molar-refractivity contribution in [3.05, 3.63) is 43.4 Å². The molecule has 2 saturated heterocycles. The number of phenols is 1. The number of carbonyl (C=O) groups excluding carboxylic acids is 1. The fourth-order valence-corrected chi connectivity index (χ4v) is 7.87. The molecule has 3 aromatic rings. The standard InChI is InChI=1S/C31H42F3N5O5S2/c32-31(33,34)28-36-22(19-45-28)27(42)39-16-17-44-30(20-39)10-14-38(15-11-30)13-7-5-3-1-2-4-6-12-35-18-24(41)21-8-9-23(40)25-26(21)46-29(43)37-25/h8-9,19,24,35,40-41H,1-7,10-18,20H2,(H,37,43)/t24-/m0/s1. The number of ether oxygens (including phenoxy) is 1. The van der Waals surface area contributed by atoms with E-state index in [2.05, 4.69) is 20.2 Å². The number of nitrogens with one attached hydrogen (secondary N) is 2. The third-order valence-corrected chi connectivity index (χ3v) is 10.7. The summed E-state index contributed by atoms with van der Waals surface area (Å²) in [6.07, 6.45) is 4.25. The lowest BCUT2D eigenvalue weighted by atomic mass is 9.89. The lowest BCUT2D eigenvalue weighted by molar-refractivity contribution is -0.137. The van der Waals surface area contributed by atoms with Crippen LogP contribution < -0.4 is 10.2 Å². The summed E-state index contributed by atoms with van der Waals surface area (Å²) in [7, 11) is 0. The molecule has 2 aliphatic heterocycles. The Kier molecular flexibility index (Phi) is 11.8. The molecule has 5 rings (SSSR count). The van der Waals surface area contributed by atoms with Gasteiger partial charge in [0.25, 0.3) is 5.91 Å². The zero-order valence-corrected chi connectivity index (χ0v) is 27.4. The largest absolute Gasteiger partial charge is 0.506 e. The Labute approximate surface area is 273 Å². The van der Waals surface area contributed by atoms with Crippen LogP contribution in [0.15, 0.2) is 22.3 Å². The summed E-state index contributed by atoms with van der Waals surface area (Å²) in [5.74, 6) is -0.460. The number of phenolic OH excluding ortho intramolecular Hbond substituents is 1. The van der Waals surface area contributed by atoms with Crippen LogP contribution >= 0.6 is 22.7 Å². The van der Waals surface area contributed by atoms with E-state index in [1.54, 1.807) is 11.0 Å². The number of carbonyl (C=O) groups is 1. The fourth-order valence-electron chi connectivity index (χ4n) is 6.29. The summed E-state index contributed by atoms with van der Waals surface area (Å²) in [5, 5.41) is 24.0. The highest BCUT2D eigenvalue weighted by molar-refractivity contribution is 7.16. The number of benzene rings is 1. The Morgan fingerprint density at radius 3 is 2.54 bits per heavy atom. The SMILES string of the molecule is O=C(c1csc(C(F)(F)F)n1)N1CCOC2(CCN(CCCCCCCCCNC[C@H](O)c3ccc(O)c4[nH]c(=O)sc34)CC2)C1. The van der Waals surface area contributed by atoms with Gasteiger partial charge in [0.05, 0.1) is 29.6 Å². The molecule has 0 radical (unpaired) electrons. The molecule has 0 saturated carbocycles. The number of aliphatic hydroxyl groups is 1. The molecular weight excluding hydrogens is 643 g/mol. The minimum absolute atomic E-state index is 0.00149. The van der Waals surface area contributed by atoms with E-state index in [4.69, 9.17) is 4.74 Å². The van der Waals surface area contributed by atoms with Crippen LogP contribution in [0.2, 0.25) is 0 Å². The highest BCUT2D eigenvalue weighted by atomic mass is 32.1. The topological polar surface area (TPSA) is 131 Å². The number of likely N-dealkylation sites (tertiary alicyclic amines) is 1. The minimum Gasteiger partial charge on any atom is -0.506 e. The van der Waals surface area contributed by atoms with Crippen LogP contribution in [-0.2, 0) is 10.9 Å². The number of unbranched alkanes of at least 4 members (excludes halogenated alkanes) is 6. The van der Waals surface area contributed by atoms with Crippen molar-refractivity contribution in [2.75, 3.05) is 52.4 Å². The average molecular weight is 686 g/mol. The molecule has 2 fully saturated rings. The van der Waals surface area contributed by atoms with Gasteiger partial charge >= 0.3 is 11.0 Å². The first kappa shape index (κ1) is 34.8. The second-order valence-electron chi connectivity index (χ2n) is 12.2. The summed E-state index contributed by atoms with van der Waals surface area (Å²) < 4.78 is 45.5. The summed E-state index contributed by atoms with van der Waals surface area (Å²) in [4.78, 5) is 34.5. The highest BCUT2D eigenvalue weighted by Crippen LogP contribution is 2.34. The first-order valence-corrected chi connectivity index (χ1v) is 17.7. The number of aromatic amines is 1. The number of piperidine rings is 1. The quantitative estimate of drug-likeness (QED) is 0.172. The van der Waals surface area contributed by atoms with Crippen LogP contribution in [0.3, 0.4) is 0 Å². The van der Waals surface area contributed by atoms with E-state index < -0.39 is 28.8 Å². The van der Waals surface area contributed by atoms with Crippen LogP contribution in [0.25, 0.3) is 10.2 Å². The maximum absolute atomic E-state index is 12.9. The summed E-state index contributed by atoms with van der Waals surface area (Å²) in [6, 6.07) is 3.15. The van der Waals surface area contributed by atoms with Gasteiger partial charge < -0.3 is 35.1 Å². The van der Waals surface area contributed by atoms with Gasteiger partial charge in [0.15, 0.2) is 5.01 Å². The maximum Gasteiger partial charge on any atom is 0.443 e. The van der Waals surface area contributed by atoms with Crippen molar-refractivity contribution >= 4 is 38.8 Å². The molecule has 1 amide bonds. The number of hydrogen-bond donors (Lipinski definition) is 4. The van der Waals surface area contributed by atoms with Gasteiger partial charge in [-0.25, -0.2) is 4.98 Å². The lowest BCUT2D eigenvalue weighted by Crippen LogP contribution is -2.58. The maximum atomic E-state index is 12.9. The van der Waals surface area contributed by atoms with E-state index in [9.17, 15) is 33.0 Å². The van der Waals surface area contributed by atoms with Crippen molar-refractivity contribution in [1.29, 1.82) is 0 Å². The summed E-state index contributed by atoms with van der Waals surface area (Å²) >= 11 is 1.44. The second kappa shape index (κ2) is 15.6. The molecule has 0 aliphatic carbocycles. The van der Waals surface area contributed by atoms with E-state index >= 15 is 0 Å². The first-order chi connectivity index (χ1) is 22.0. The molecule has 15 heteroatoms. The normalized spacial score (nSPS) is 18.0. The number of alkyl halides is 3. The van der Waals surface area contributed by atoms with Gasteiger partial charge in [-0.05, 0) is 44.8 Å². The van der Waals surface area contributed by atoms with E-state index in [1.165, 1.54) is 30.7 Å². The van der Waals surface area contributed by atoms with Gasteiger partial charge in [-0.3, -0.25) is 9.59 Å². The molecule has 10 nitrogen and oxygen atoms in total. The molecule has 1 spiro atoms. The van der Waals surface area contributed by atoms with Crippen LogP contribution in [0.1, 0.15) is 85.0 Å². The number of aromatic nitrogens is 2. The third kappa shape index (κ3) is 8.86. The second-order valence-corrected chi connectivity index (χ2v) is 14.1. The van der Waals surface area contributed by atoms with Crippen molar-refractivity contribution in [3.63, 3.8) is 0 Å². The number of nitrogens with zero attached hydrogens (tertiary/aromatic N) is 3. The molecule has 2 aliphatic rings. The predicted molar refractivity (Wildman–Crippen MR) is 172 cm³/mol. The van der Waals surface area contributed by atoms with Crippen molar-refractivity contribution < 1.29 is 32.9 Å². The molecule has 46 heavy (non-hydrogen) atoms. The van der Waals surface area contributed by atoms with Crippen LogP contribution in [0.4, 0.5) is 13.2 Å². The van der Waals surface area contributed by atoms with Gasteiger partial charge in [0, 0.05) is 37.1 Å². The van der Waals surface area contributed by atoms with Crippen LogP contribution in [-0.4, -0.2) is 93.9 Å². The Bertz CT molecular complexity index is 1500. The Morgan fingerprint density at radius 2 is 1.83 bits per heavy atom. The zero-order valence-electron chi connectivity index (χ0n) is 25.7. The number of hydrogen-bond acceptors (Lipinski definition) is 10. The van der Waals surface area contributed by atoms with Crippen molar-refractivity contribution in [3.8, 4) is 5.75 Å². The van der Waals surface area contributed by atoms with Crippen molar-refractivity contribution in [2.24, 2.45) is 0 Å². The Morgan fingerprint density at radius 1 is 1.11 bits per heavy atom. The van der Waals surface area contributed by atoms with Crippen molar-refractivity contribution in [2.45, 2.75) is 75.7 Å². The average Bonchev–Trinajstić information content (AvgIpc) is 3.69. The Hall–Kier alpha value is -2.56. The number of halogens is 3. The third-order valence-electron chi connectivity index (χ3n) is 8.88. The fraction of sp³-hybridized carbons (Fsp3) is 0.645. The van der Waals surface area contributed by atoms with Gasteiger partial charge in [-0.15, -0.1) is 11.3 Å². The molecule has 4 N–H and O–H groups in total. The highest BCUT2D eigenvalue weighted by Gasteiger charge is 2.42. The molecule has 1 atom stereocenters. The molecular formula is C31H42F3N5O5S2. The van der Waals surface area contributed by atoms with Crippen molar-refractivity contribution in [1.82, 2.24) is 25.1 Å². The van der Waals surface area contributed by atoms with E-state index in [0.717, 1.165) is 76.0 Å². The van der Waals surface area contributed by atoms with E-state index in [-0.39, 0.29) is 16.3 Å². The van der Waals surface area contributed by atoms with Crippen LogP contribution in [0.5, 0.6) is 5.75 Å². The Balaban J connectivity index is 0.897. The molecule has 2 aromatic heterocycles. The number of aliphatic hydroxyl groups excluding tert-OH is 1. The monoisotopic (exact) mass is 685 g/mol. The first-order valence-electron chi connectivity index (χ1n) is 16.0. The van der Waals surface area contributed by atoms with Gasteiger partial charge in [-0.2, -0.15) is 13.2 Å². The van der Waals surface area contributed by atoms with E-state index in [1.807, 2.05) is 0 Å². The van der Waals surface area contributed by atoms with E-state index in [0.29, 0.717) is 53.4 Å². The smallest absolute Gasteiger partial charge is 0.443 e. The number of rotatable bonds is 14. The van der Waals surface area contributed by atoms with Gasteiger partial charge in [0.2, 0.25) is 0 Å². The molecule has 4 heterocycles. The number of H-pyrrole nitrogens is 1. The minimum atomic E-state index is -4.55. The number of amides is 1. The predicted octanol–water partition coefficient (Wildman–Crippen LogP) is 5.13. The molecule has 0 unspecified atom stereocenters. The number of fused-ring (bicyclic) bond motifs is 1. The molecule has 1 aromatic carbocycles. The van der Waals surface area contributed by atoms with Crippen LogP contribution in [0, 0.1) is 0 Å². The van der Waals surface area contributed by atoms with Gasteiger partial charge in [0.1, 0.15) is 17.0 Å². The number of thiazole rings is 2.